The lowest BCUT2D eigenvalue weighted by molar-refractivity contribution is -0.116. The first kappa shape index (κ1) is 19.6. The Morgan fingerprint density at radius 1 is 1.07 bits per heavy atom. The van der Waals surface area contributed by atoms with E-state index in [9.17, 15) is 14.7 Å². The number of aliphatic hydroxyl groups excluding tert-OH is 1. The van der Waals surface area contributed by atoms with Crippen LogP contribution in [0, 0.1) is 0 Å². The van der Waals surface area contributed by atoms with Crippen LogP contribution in [0.2, 0.25) is 0 Å². The minimum absolute atomic E-state index is 0.137. The van der Waals surface area contributed by atoms with Crippen molar-refractivity contribution in [3.05, 3.63) is 88.5 Å². The number of aromatic nitrogens is 3. The van der Waals surface area contributed by atoms with E-state index in [0.29, 0.717) is 16.9 Å². The summed E-state index contributed by atoms with van der Waals surface area (Å²) in [5.74, 6) is -0.306. The highest BCUT2D eigenvalue weighted by atomic mass is 16.3. The van der Waals surface area contributed by atoms with E-state index < -0.39 is 0 Å². The number of hydrogen-bond acceptors (Lipinski definition) is 4. The Bertz CT molecular complexity index is 1240. The summed E-state index contributed by atoms with van der Waals surface area (Å²) in [5.41, 5.74) is 3.54. The number of rotatable bonds is 6. The number of amides is 1. The van der Waals surface area contributed by atoms with E-state index >= 15 is 0 Å². The molecule has 0 fully saturated rings. The van der Waals surface area contributed by atoms with Crippen molar-refractivity contribution in [2.75, 3.05) is 5.32 Å². The SMILES string of the molecule is CCc1ccc(NC(=O)Cn2ccn3nc(-c4ccccc4)c(CO)c3c2=O)cc1. The van der Waals surface area contributed by atoms with E-state index in [0.717, 1.165) is 12.0 Å². The van der Waals surface area contributed by atoms with Gasteiger partial charge in [0, 0.05) is 29.2 Å². The number of anilines is 1. The van der Waals surface area contributed by atoms with Crippen molar-refractivity contribution in [2.24, 2.45) is 0 Å². The summed E-state index contributed by atoms with van der Waals surface area (Å²) in [7, 11) is 0. The van der Waals surface area contributed by atoms with Gasteiger partial charge in [0.1, 0.15) is 12.1 Å². The molecule has 0 unspecified atom stereocenters. The molecule has 0 bridgehead atoms. The van der Waals surface area contributed by atoms with Gasteiger partial charge in [-0.3, -0.25) is 9.59 Å². The highest BCUT2D eigenvalue weighted by Crippen LogP contribution is 2.24. The van der Waals surface area contributed by atoms with Crippen LogP contribution in [-0.2, 0) is 24.4 Å². The summed E-state index contributed by atoms with van der Waals surface area (Å²) in [6.45, 7) is 1.60. The molecule has 7 nitrogen and oxygen atoms in total. The van der Waals surface area contributed by atoms with E-state index in [1.54, 1.807) is 6.20 Å². The Hall–Kier alpha value is -3.71. The minimum Gasteiger partial charge on any atom is -0.392 e. The van der Waals surface area contributed by atoms with E-state index in [-0.39, 0.29) is 30.1 Å². The Kier molecular flexibility index (Phi) is 5.45. The molecule has 0 saturated carbocycles. The van der Waals surface area contributed by atoms with Crippen LogP contribution < -0.4 is 10.9 Å². The van der Waals surface area contributed by atoms with Crippen LogP contribution in [0.15, 0.2) is 71.8 Å². The Balaban J connectivity index is 1.64. The van der Waals surface area contributed by atoms with Gasteiger partial charge in [0.05, 0.1) is 12.3 Å². The monoisotopic (exact) mass is 402 g/mol. The molecule has 4 aromatic rings. The van der Waals surface area contributed by atoms with Crippen LogP contribution in [0.5, 0.6) is 0 Å². The molecule has 0 spiro atoms. The maximum Gasteiger partial charge on any atom is 0.277 e. The molecule has 1 amide bonds. The average Bonchev–Trinajstić information content (AvgIpc) is 3.16. The number of hydrogen-bond donors (Lipinski definition) is 2. The molecule has 4 rings (SSSR count). The average molecular weight is 402 g/mol. The second-order valence-corrected chi connectivity index (χ2v) is 6.97. The molecule has 2 aromatic heterocycles. The number of aryl methyl sites for hydroxylation is 1. The Labute approximate surface area is 173 Å². The highest BCUT2D eigenvalue weighted by Gasteiger charge is 2.18. The third-order valence-electron chi connectivity index (χ3n) is 5.03. The van der Waals surface area contributed by atoms with E-state index in [2.05, 4.69) is 17.3 Å². The lowest BCUT2D eigenvalue weighted by atomic mass is 10.1. The molecule has 2 heterocycles. The van der Waals surface area contributed by atoms with Crippen molar-refractivity contribution in [2.45, 2.75) is 26.5 Å². The van der Waals surface area contributed by atoms with Crippen LogP contribution in [0.25, 0.3) is 16.8 Å². The summed E-state index contributed by atoms with van der Waals surface area (Å²) in [4.78, 5) is 25.5. The third kappa shape index (κ3) is 3.75. The van der Waals surface area contributed by atoms with Gasteiger partial charge in [-0.05, 0) is 24.1 Å². The predicted octanol–water partition coefficient (Wildman–Crippen LogP) is 2.86. The summed E-state index contributed by atoms with van der Waals surface area (Å²) in [5, 5.41) is 17.2. The molecule has 2 N–H and O–H groups in total. The number of nitrogens with zero attached hydrogens (tertiary/aromatic N) is 3. The molecule has 152 valence electrons. The molecule has 2 aromatic carbocycles. The number of carbonyl (C=O) groups is 1. The van der Waals surface area contributed by atoms with E-state index in [4.69, 9.17) is 0 Å². The van der Waals surface area contributed by atoms with Crippen LogP contribution in [-0.4, -0.2) is 25.2 Å². The number of nitrogens with one attached hydrogen (secondary N) is 1. The van der Waals surface area contributed by atoms with Crippen LogP contribution in [0.3, 0.4) is 0 Å². The fourth-order valence-electron chi connectivity index (χ4n) is 3.43. The smallest absolute Gasteiger partial charge is 0.277 e. The lowest BCUT2D eigenvalue weighted by Crippen LogP contribution is -2.28. The Morgan fingerprint density at radius 2 is 1.80 bits per heavy atom. The van der Waals surface area contributed by atoms with Crippen LogP contribution in [0.1, 0.15) is 18.1 Å². The first-order valence-electron chi connectivity index (χ1n) is 9.76. The molecule has 30 heavy (non-hydrogen) atoms. The van der Waals surface area contributed by atoms with Crippen molar-refractivity contribution >= 4 is 17.1 Å². The second-order valence-electron chi connectivity index (χ2n) is 6.97. The topological polar surface area (TPSA) is 88.6 Å². The number of aliphatic hydroxyl groups is 1. The fraction of sp³-hybridized carbons (Fsp3) is 0.174. The standard InChI is InChI=1S/C23H22N4O3/c1-2-16-8-10-18(11-9-16)24-20(29)14-26-12-13-27-22(23(26)30)19(15-28)21(25-27)17-6-4-3-5-7-17/h3-13,28H,2,14-15H2,1H3,(H,24,29). The lowest BCUT2D eigenvalue weighted by Gasteiger charge is -2.08. The van der Waals surface area contributed by atoms with Crippen molar-refractivity contribution in [3.8, 4) is 11.3 Å². The van der Waals surface area contributed by atoms with Gasteiger partial charge in [0.25, 0.3) is 5.56 Å². The van der Waals surface area contributed by atoms with Gasteiger partial charge in [0.15, 0.2) is 0 Å². The van der Waals surface area contributed by atoms with E-state index in [1.165, 1.54) is 20.8 Å². The van der Waals surface area contributed by atoms with Gasteiger partial charge in [-0.1, -0.05) is 49.4 Å². The van der Waals surface area contributed by atoms with Gasteiger partial charge in [0.2, 0.25) is 5.91 Å². The zero-order valence-corrected chi connectivity index (χ0v) is 16.6. The first-order chi connectivity index (χ1) is 14.6. The van der Waals surface area contributed by atoms with Crippen LogP contribution in [0.4, 0.5) is 5.69 Å². The molecule has 0 atom stereocenters. The zero-order chi connectivity index (χ0) is 21.1. The van der Waals surface area contributed by atoms with Gasteiger partial charge in [-0.25, -0.2) is 4.52 Å². The maximum absolute atomic E-state index is 13.0. The quantitative estimate of drug-likeness (QED) is 0.519. The summed E-state index contributed by atoms with van der Waals surface area (Å²) in [6, 6.07) is 17.0. The molecule has 0 aliphatic carbocycles. The minimum atomic E-state index is -0.382. The first-order valence-corrected chi connectivity index (χ1v) is 9.76. The van der Waals surface area contributed by atoms with Crippen molar-refractivity contribution in [3.63, 3.8) is 0 Å². The molecule has 7 heteroatoms. The molecule has 0 saturated heterocycles. The molecular weight excluding hydrogens is 380 g/mol. The predicted molar refractivity (Wildman–Crippen MR) is 115 cm³/mol. The maximum atomic E-state index is 13.0. The Morgan fingerprint density at radius 3 is 2.47 bits per heavy atom. The highest BCUT2D eigenvalue weighted by molar-refractivity contribution is 5.90. The third-order valence-corrected chi connectivity index (χ3v) is 5.03. The number of fused-ring (bicyclic) bond motifs is 1. The summed E-state index contributed by atoms with van der Waals surface area (Å²) in [6.07, 6.45) is 4.07. The van der Waals surface area contributed by atoms with Gasteiger partial charge in [-0.2, -0.15) is 5.10 Å². The molecular formula is C23H22N4O3. The molecule has 0 radical (unpaired) electrons. The summed E-state index contributed by atoms with van der Waals surface area (Å²) < 4.78 is 2.77. The number of benzene rings is 2. The van der Waals surface area contributed by atoms with Crippen molar-refractivity contribution in [1.82, 2.24) is 14.2 Å². The van der Waals surface area contributed by atoms with Gasteiger partial charge in [-0.15, -0.1) is 0 Å². The van der Waals surface area contributed by atoms with Gasteiger partial charge >= 0.3 is 0 Å². The molecule has 0 aliphatic rings. The van der Waals surface area contributed by atoms with Crippen molar-refractivity contribution < 1.29 is 9.90 Å². The second kappa shape index (κ2) is 8.34. The normalized spacial score (nSPS) is 11.0. The summed E-state index contributed by atoms with van der Waals surface area (Å²) >= 11 is 0. The molecule has 0 aliphatic heterocycles. The largest absolute Gasteiger partial charge is 0.392 e. The fourth-order valence-corrected chi connectivity index (χ4v) is 3.43. The van der Waals surface area contributed by atoms with Gasteiger partial charge < -0.3 is 15.0 Å². The zero-order valence-electron chi connectivity index (χ0n) is 16.6. The van der Waals surface area contributed by atoms with E-state index in [1.807, 2.05) is 54.6 Å². The number of carbonyl (C=O) groups excluding carboxylic acids is 1. The van der Waals surface area contributed by atoms with Crippen LogP contribution >= 0.6 is 0 Å². The van der Waals surface area contributed by atoms with Crippen molar-refractivity contribution in [1.29, 1.82) is 0 Å².